The molecule has 0 aromatic heterocycles. The van der Waals surface area contributed by atoms with E-state index in [4.69, 9.17) is 75.1 Å². The molecule has 6 aromatic carbocycles. The molecule has 123 heavy (non-hydrogen) atoms. The van der Waals surface area contributed by atoms with Crippen LogP contribution in [-0.2, 0) is 48.8 Å². The number of hydrogen-bond acceptors (Lipinski definition) is 23. The van der Waals surface area contributed by atoms with Crippen LogP contribution in [0.15, 0.2) is 78.9 Å². The third kappa shape index (κ3) is 20.9. The SMILES string of the molecule is O=C/C=C/c1ccccc1.[C-]#[N+][C@H](C1Cc2c(OC)c(C)c(OC)c(O)c2C(C(N)Cc2cc(O)c(OC)c(C)c2OC)N1C)N1CCO[C@@H](CCO[Si](C)(C(C)C)C(C)C)C1.[C-]#[N+][C@H](C1Cc2c(OC)c(C)c(OC)c(O)c2C(C2Cc3c(OC)c(C)c(OC)c(O)c3[C@H](/C=C/c3ccccc3)N2)N1C)N1CCO[C@@H](CCO[Si](C)(C(C)C)C(C)C)C1. The molecule has 5 aliphatic rings. The van der Waals surface area contributed by atoms with Crippen LogP contribution in [0, 0.1) is 40.8 Å². The largest absolute Gasteiger partial charge is 0.504 e. The normalized spacial score (nSPS) is 21.0. The highest BCUT2D eigenvalue weighted by Crippen LogP contribution is 2.57. The van der Waals surface area contributed by atoms with Crippen molar-refractivity contribution in [2.24, 2.45) is 5.73 Å². The monoisotopic (exact) mass is 1730 g/mol. The molecule has 0 radical (unpaired) electrons. The van der Waals surface area contributed by atoms with E-state index in [2.05, 4.69) is 116 Å². The van der Waals surface area contributed by atoms with E-state index in [0.717, 1.165) is 46.9 Å². The fraction of sp³-hybridized carbons (Fsp3) is 0.552. The average Bonchev–Trinajstić information content (AvgIpc) is 0.727. The molecule has 0 aliphatic carbocycles. The fourth-order valence-electron chi connectivity index (χ4n) is 19.3. The summed E-state index contributed by atoms with van der Waals surface area (Å²) in [4.78, 5) is 27.4. The summed E-state index contributed by atoms with van der Waals surface area (Å²) in [6.07, 6.45) is 10.1. The summed E-state index contributed by atoms with van der Waals surface area (Å²) in [5.74, 6) is 3.94. The van der Waals surface area contributed by atoms with Crippen LogP contribution in [0.25, 0.3) is 21.8 Å². The van der Waals surface area contributed by atoms with Crippen molar-refractivity contribution in [1.29, 1.82) is 0 Å². The molecule has 6 aromatic rings. The zero-order valence-electron chi connectivity index (χ0n) is 77.2. The summed E-state index contributed by atoms with van der Waals surface area (Å²) in [6.45, 7) is 52.3. The van der Waals surface area contributed by atoms with Crippen molar-refractivity contribution in [3.05, 3.63) is 174 Å². The van der Waals surface area contributed by atoms with Crippen LogP contribution in [0.1, 0.15) is 159 Å². The zero-order valence-corrected chi connectivity index (χ0v) is 79.2. The quantitative estimate of drug-likeness (QED) is 0.00991. The zero-order chi connectivity index (χ0) is 90.2. The Morgan fingerprint density at radius 2 is 0.927 bits per heavy atom. The number of nitrogens with zero attached hydrogens (tertiary/aromatic N) is 6. The number of carbonyl (C=O) groups excluding carboxylic acids is 1. The first-order valence-corrected chi connectivity index (χ1v) is 48.2. The predicted molar refractivity (Wildman–Crippen MR) is 490 cm³/mol. The molecule has 25 nitrogen and oxygen atoms in total. The van der Waals surface area contributed by atoms with Gasteiger partial charge in [0.1, 0.15) is 41.4 Å². The first-order chi connectivity index (χ1) is 58.7. The van der Waals surface area contributed by atoms with Gasteiger partial charge in [0.2, 0.25) is 0 Å². The van der Waals surface area contributed by atoms with E-state index in [1.165, 1.54) is 20.3 Å². The molecule has 6 unspecified atom stereocenters. The van der Waals surface area contributed by atoms with Gasteiger partial charge >= 0.3 is 0 Å². The van der Waals surface area contributed by atoms with Gasteiger partial charge in [-0.05, 0) is 132 Å². The number of aromatic hydroxyl groups is 4. The maximum Gasteiger partial charge on any atom is 0.295 e. The number of benzene rings is 6. The van der Waals surface area contributed by atoms with Gasteiger partial charge in [-0.15, -0.1) is 0 Å². The number of likely N-dealkylation sites (N-methyl/N-ethyl adjacent to an activating group) is 2. The Kier molecular flexibility index (Phi) is 34.9. The Morgan fingerprint density at radius 3 is 1.34 bits per heavy atom. The van der Waals surface area contributed by atoms with Crippen molar-refractivity contribution in [1.82, 2.24) is 24.9 Å². The van der Waals surface area contributed by atoms with Crippen LogP contribution >= 0.6 is 0 Å². The average molecular weight is 1730 g/mol. The standard InChI is InChI=1S/C48H68N4O8Si.C39H62N4O8Si.C9H8O/c1-28(2)61(13,29(3)4)60-23-21-33-27-52(22-24-59-33)48(49-7)38-26-35-40(43(54)47(58-12)31(6)45(35)56-10)41(51(38)8)37-25-34-39(42(53)46(57-11)30(5)44(34)55-9)36(50-37)20-19-32-17-15-14-16-18-32;1-22(2)52(13,23(3)4)51-16-14-27-21-43(15-17-50-27)39(41-7)30-20-28-32(34(45)38(49-12)25(6)36(28)47-10)33(42(30)8)29(40)18-26-19-31(44)37(48-11)24(5)35(26)46-9;10-8-4-7-9-5-2-1-3-6-9/h14-20,28-29,33,36-38,41,48,50,53-54H,21-27H2,1-6,8-13H3;19,22-23,27,29-30,33,39,44-45H,14-18,20-21,40H2,1-6,8-13H3;1-8H/b20-19+;;7-4+/t33-,36-,37?,38?,41?,48-;27-,29?,30?,33?,39-;/m00./s1. The second-order valence-corrected chi connectivity index (χ2v) is 44.6. The first kappa shape index (κ1) is 97.9. The maximum absolute atomic E-state index is 12.3. The smallest absolute Gasteiger partial charge is 0.295 e. The summed E-state index contributed by atoms with van der Waals surface area (Å²) in [6, 6.07) is 18.3. The lowest BCUT2D eigenvalue weighted by Crippen LogP contribution is -2.60. The Bertz CT molecular complexity index is 4680. The van der Waals surface area contributed by atoms with E-state index in [0.29, 0.717) is 185 Å². The highest BCUT2D eigenvalue weighted by atomic mass is 28.4. The summed E-state index contributed by atoms with van der Waals surface area (Å²) in [7, 11) is 12.8. The fourth-order valence-corrected chi connectivity index (χ4v) is 24.4. The van der Waals surface area contributed by atoms with E-state index >= 15 is 0 Å². The molecule has 11 atom stereocenters. The van der Waals surface area contributed by atoms with Crippen molar-refractivity contribution < 1.29 is 81.4 Å². The Hall–Kier alpha value is -8.92. The topological polar surface area (TPSA) is 268 Å². The summed E-state index contributed by atoms with van der Waals surface area (Å²) >= 11 is 0. The minimum atomic E-state index is -1.92. The van der Waals surface area contributed by atoms with Crippen LogP contribution in [0.2, 0.25) is 35.3 Å². The Balaban J connectivity index is 0.000000253. The summed E-state index contributed by atoms with van der Waals surface area (Å²) in [5, 5.41) is 50.7. The molecule has 27 heteroatoms. The number of allylic oxidation sites excluding steroid dienone is 1. The Morgan fingerprint density at radius 1 is 0.537 bits per heavy atom. The molecule has 0 amide bonds. The molecule has 0 saturated carbocycles. The van der Waals surface area contributed by atoms with Crippen molar-refractivity contribution in [2.75, 3.05) is 124 Å². The first-order valence-electron chi connectivity index (χ1n) is 43.1. The summed E-state index contributed by atoms with van der Waals surface area (Å²) < 4.78 is 72.7. The number of carbonyl (C=O) groups is 1. The van der Waals surface area contributed by atoms with Crippen molar-refractivity contribution >= 4 is 35.1 Å². The molecular weight excluding hydrogens is 1590 g/mol. The molecule has 2 saturated heterocycles. The highest BCUT2D eigenvalue weighted by molar-refractivity contribution is 6.75. The van der Waals surface area contributed by atoms with Gasteiger partial charge in [0.05, 0.1) is 100 Å². The molecule has 11 rings (SSSR count). The Labute approximate surface area is 733 Å². The maximum atomic E-state index is 12.3. The van der Waals surface area contributed by atoms with Gasteiger partial charge in [-0.2, -0.15) is 0 Å². The van der Waals surface area contributed by atoms with Gasteiger partial charge in [-0.1, -0.05) is 134 Å². The van der Waals surface area contributed by atoms with Crippen molar-refractivity contribution in [3.8, 4) is 69.0 Å². The number of phenols is 4. The van der Waals surface area contributed by atoms with E-state index in [1.807, 2.05) is 101 Å². The number of rotatable bonds is 32. The van der Waals surface area contributed by atoms with Crippen LogP contribution in [-0.4, -0.2) is 235 Å². The van der Waals surface area contributed by atoms with Gasteiger partial charge in [-0.3, -0.25) is 24.3 Å². The summed E-state index contributed by atoms with van der Waals surface area (Å²) in [5.41, 5.74) is 19.2. The minimum Gasteiger partial charge on any atom is -0.504 e. The van der Waals surface area contributed by atoms with Crippen LogP contribution in [0.4, 0.5) is 0 Å². The van der Waals surface area contributed by atoms with E-state index in [-0.39, 0.29) is 59.8 Å². The molecule has 0 spiro atoms. The van der Waals surface area contributed by atoms with Crippen LogP contribution < -0.4 is 48.9 Å². The molecule has 7 N–H and O–H groups in total. The third-order valence-electron chi connectivity index (χ3n) is 26.9. The van der Waals surface area contributed by atoms with Gasteiger partial charge in [0.25, 0.3) is 12.3 Å². The highest BCUT2D eigenvalue weighted by Gasteiger charge is 2.53. The van der Waals surface area contributed by atoms with Crippen LogP contribution in [0.5, 0.6) is 69.0 Å². The van der Waals surface area contributed by atoms with Gasteiger partial charge in [-0.25, -0.2) is 22.9 Å². The number of phenolic OH excluding ortho intramolecular Hbond substituents is 4. The van der Waals surface area contributed by atoms with E-state index in [1.54, 1.807) is 54.8 Å². The lowest BCUT2D eigenvalue weighted by Gasteiger charge is -2.49. The van der Waals surface area contributed by atoms with Crippen molar-refractivity contribution in [2.45, 2.75) is 224 Å². The molecular formula is C96H138N8O17Si2. The molecule has 672 valence electrons. The van der Waals surface area contributed by atoms with Gasteiger partial charge in [0.15, 0.2) is 62.6 Å². The number of nitrogens with one attached hydrogen (secondary N) is 1. The number of aldehydes is 1. The molecule has 0 bridgehead atoms. The van der Waals surface area contributed by atoms with Crippen molar-refractivity contribution in [3.63, 3.8) is 0 Å². The number of hydrogen-bond donors (Lipinski definition) is 6. The van der Waals surface area contributed by atoms with E-state index < -0.39 is 53.1 Å². The van der Waals surface area contributed by atoms with Gasteiger partial charge < -0.3 is 87.7 Å². The molecule has 5 aliphatic heterocycles. The van der Waals surface area contributed by atoms with Crippen LogP contribution in [0.3, 0.4) is 0 Å². The van der Waals surface area contributed by atoms with Gasteiger partial charge in [0, 0.05) is 120 Å². The number of nitrogens with two attached hydrogens (primary N) is 1. The number of fused-ring (bicyclic) bond motifs is 3. The lowest BCUT2D eigenvalue weighted by atomic mass is 9.77. The minimum absolute atomic E-state index is 0.00594. The number of ether oxygens (including phenoxy) is 10. The second-order valence-electron chi connectivity index (χ2n) is 34.6. The molecule has 5 heterocycles. The predicted octanol–water partition coefficient (Wildman–Crippen LogP) is 16.2. The number of morpholine rings is 2. The third-order valence-corrected chi connectivity index (χ3v) is 37.7. The number of methoxy groups -OCH3 is 8. The van der Waals surface area contributed by atoms with E-state index in [9.17, 15) is 25.2 Å². The second kappa shape index (κ2) is 43.8. The lowest BCUT2D eigenvalue weighted by molar-refractivity contribution is -0.104. The molecule has 2 fully saturated rings.